The van der Waals surface area contributed by atoms with Crippen LogP contribution in [0, 0.1) is 0 Å². The molecule has 0 aliphatic heterocycles. The predicted molar refractivity (Wildman–Crippen MR) is 52.6 cm³/mol. The fourth-order valence-electron chi connectivity index (χ4n) is 0.695. The SMILES string of the molecule is CO[Si](C=CCN=C=O)(CCl)OC. The zero-order valence-corrected chi connectivity index (χ0v) is 9.37. The summed E-state index contributed by atoms with van der Waals surface area (Å²) in [4.78, 5) is 13.1. The van der Waals surface area contributed by atoms with Gasteiger partial charge in [0.05, 0.1) is 12.0 Å². The molecule has 0 saturated carbocycles. The summed E-state index contributed by atoms with van der Waals surface area (Å²) >= 11 is 5.69. The van der Waals surface area contributed by atoms with Crippen LogP contribution in [-0.2, 0) is 13.6 Å². The van der Waals surface area contributed by atoms with E-state index < -0.39 is 8.56 Å². The normalized spacial score (nSPS) is 11.6. The fraction of sp³-hybridized carbons (Fsp3) is 0.571. The fourth-order valence-corrected chi connectivity index (χ4v) is 2.83. The average molecular weight is 222 g/mol. The van der Waals surface area contributed by atoms with Crippen LogP contribution >= 0.6 is 11.6 Å². The summed E-state index contributed by atoms with van der Waals surface area (Å²) in [5.41, 5.74) is 2.06. The topological polar surface area (TPSA) is 47.9 Å². The highest BCUT2D eigenvalue weighted by molar-refractivity contribution is 6.78. The summed E-state index contributed by atoms with van der Waals surface area (Å²) < 4.78 is 10.3. The Bertz CT molecular complexity index is 204. The Labute approximate surface area is 83.5 Å². The van der Waals surface area contributed by atoms with E-state index in [9.17, 15) is 4.79 Å². The van der Waals surface area contributed by atoms with E-state index in [0.29, 0.717) is 5.50 Å². The molecule has 6 heteroatoms. The van der Waals surface area contributed by atoms with E-state index in [-0.39, 0.29) is 6.54 Å². The van der Waals surface area contributed by atoms with Gasteiger partial charge in [-0.1, -0.05) is 6.08 Å². The maximum Gasteiger partial charge on any atom is 0.379 e. The molecule has 4 nitrogen and oxygen atoms in total. The third-order valence-electron chi connectivity index (χ3n) is 1.51. The number of aliphatic imine (C=N–C) groups is 1. The Morgan fingerprint density at radius 2 is 2.15 bits per heavy atom. The maximum atomic E-state index is 9.74. The van der Waals surface area contributed by atoms with Crippen molar-refractivity contribution in [3.8, 4) is 0 Å². The highest BCUT2D eigenvalue weighted by atomic mass is 35.5. The third-order valence-corrected chi connectivity index (χ3v) is 5.13. The van der Waals surface area contributed by atoms with Crippen LogP contribution in [0.4, 0.5) is 0 Å². The number of carbonyl (C=O) groups excluding carboxylic acids is 1. The highest BCUT2D eigenvalue weighted by Gasteiger charge is 2.30. The van der Waals surface area contributed by atoms with Crippen LogP contribution in [0.15, 0.2) is 16.8 Å². The first-order valence-electron chi connectivity index (χ1n) is 3.62. The minimum Gasteiger partial charge on any atom is -0.394 e. The Morgan fingerprint density at radius 1 is 1.54 bits per heavy atom. The highest BCUT2D eigenvalue weighted by Crippen LogP contribution is 2.08. The van der Waals surface area contributed by atoms with Crippen molar-refractivity contribution in [1.82, 2.24) is 0 Å². The van der Waals surface area contributed by atoms with Gasteiger partial charge in [0, 0.05) is 14.2 Å². The van der Waals surface area contributed by atoms with Crippen molar-refractivity contribution in [2.45, 2.75) is 0 Å². The second-order valence-electron chi connectivity index (χ2n) is 2.19. The number of rotatable bonds is 6. The Morgan fingerprint density at radius 3 is 2.54 bits per heavy atom. The van der Waals surface area contributed by atoms with Gasteiger partial charge in [-0.05, 0) is 5.70 Å². The summed E-state index contributed by atoms with van der Waals surface area (Å²) in [6.07, 6.45) is 3.12. The van der Waals surface area contributed by atoms with Crippen molar-refractivity contribution in [2.24, 2.45) is 4.99 Å². The van der Waals surface area contributed by atoms with E-state index in [2.05, 4.69) is 4.99 Å². The smallest absolute Gasteiger partial charge is 0.379 e. The molecule has 74 valence electrons. The first-order chi connectivity index (χ1) is 6.24. The molecular weight excluding hydrogens is 210 g/mol. The molecule has 0 unspecified atom stereocenters. The van der Waals surface area contributed by atoms with Crippen molar-refractivity contribution < 1.29 is 13.6 Å². The zero-order valence-electron chi connectivity index (χ0n) is 7.62. The maximum absolute atomic E-state index is 9.74. The average Bonchev–Trinajstić information content (AvgIpc) is 2.20. The van der Waals surface area contributed by atoms with Gasteiger partial charge in [0.1, 0.15) is 0 Å². The second kappa shape index (κ2) is 7.00. The van der Waals surface area contributed by atoms with Crippen LogP contribution in [0.5, 0.6) is 0 Å². The minimum absolute atomic E-state index is 0.280. The molecule has 0 spiro atoms. The number of hydrogen-bond donors (Lipinski definition) is 0. The van der Waals surface area contributed by atoms with Crippen LogP contribution in [-0.4, -0.2) is 40.9 Å². The molecule has 0 aromatic rings. The number of nitrogens with zero attached hydrogens (tertiary/aromatic N) is 1. The number of hydrogen-bond acceptors (Lipinski definition) is 4. The Balaban J connectivity index is 4.22. The Kier molecular flexibility index (Phi) is 6.76. The molecule has 0 atom stereocenters. The molecule has 0 fully saturated rings. The third kappa shape index (κ3) is 4.35. The quantitative estimate of drug-likeness (QED) is 0.290. The van der Waals surface area contributed by atoms with E-state index in [0.717, 1.165) is 0 Å². The summed E-state index contributed by atoms with van der Waals surface area (Å²) in [7, 11) is 0.722. The molecule has 0 aliphatic carbocycles. The van der Waals surface area contributed by atoms with E-state index in [1.165, 1.54) is 6.08 Å². The van der Waals surface area contributed by atoms with E-state index >= 15 is 0 Å². The van der Waals surface area contributed by atoms with E-state index in [1.54, 1.807) is 26.0 Å². The van der Waals surface area contributed by atoms with Crippen LogP contribution < -0.4 is 0 Å². The van der Waals surface area contributed by atoms with Crippen molar-refractivity contribution in [3.05, 3.63) is 11.8 Å². The molecule has 0 rings (SSSR count). The second-order valence-corrected chi connectivity index (χ2v) is 6.03. The molecule has 0 aromatic carbocycles. The lowest BCUT2D eigenvalue weighted by Crippen LogP contribution is -2.41. The molecule has 0 amide bonds. The minimum atomic E-state index is -2.37. The standard InChI is InChI=1S/C7H12ClNO3Si/c1-11-13(6-8,12-2)5-3-4-9-7-10/h3,5H,4,6H2,1-2H3. The van der Waals surface area contributed by atoms with Gasteiger partial charge in [-0.3, -0.25) is 0 Å². The monoisotopic (exact) mass is 221 g/mol. The Hall–Kier alpha value is -0.453. The van der Waals surface area contributed by atoms with Crippen molar-refractivity contribution in [3.63, 3.8) is 0 Å². The molecule has 0 bridgehead atoms. The number of alkyl halides is 1. The van der Waals surface area contributed by atoms with E-state index in [4.69, 9.17) is 20.5 Å². The first kappa shape index (κ1) is 12.5. The van der Waals surface area contributed by atoms with Crippen LogP contribution in [0.1, 0.15) is 0 Å². The number of halogens is 1. The lowest BCUT2D eigenvalue weighted by molar-refractivity contribution is 0.262. The van der Waals surface area contributed by atoms with Gasteiger partial charge in [-0.2, -0.15) is 0 Å². The molecule has 0 heterocycles. The molecular formula is C7H12ClNO3Si. The predicted octanol–water partition coefficient (Wildman–Crippen LogP) is 0.931. The van der Waals surface area contributed by atoms with E-state index in [1.807, 2.05) is 0 Å². The zero-order chi connectivity index (χ0) is 10.2. The summed E-state index contributed by atoms with van der Waals surface area (Å²) in [6.45, 7) is 0.280. The van der Waals surface area contributed by atoms with Gasteiger partial charge in [0.2, 0.25) is 6.08 Å². The molecule has 0 aliphatic rings. The largest absolute Gasteiger partial charge is 0.394 e. The first-order valence-corrected chi connectivity index (χ1v) is 6.26. The van der Waals surface area contributed by atoms with Gasteiger partial charge in [-0.25, -0.2) is 9.79 Å². The van der Waals surface area contributed by atoms with Gasteiger partial charge in [-0.15, -0.1) is 11.6 Å². The molecule has 0 aromatic heterocycles. The summed E-state index contributed by atoms with van der Waals surface area (Å²) in [5.74, 6) is 0. The van der Waals surface area contributed by atoms with Crippen LogP contribution in [0.3, 0.4) is 0 Å². The van der Waals surface area contributed by atoms with Crippen molar-refractivity contribution in [2.75, 3.05) is 26.3 Å². The molecule has 0 saturated heterocycles. The lowest BCUT2D eigenvalue weighted by atomic mass is 10.7. The summed E-state index contributed by atoms with van der Waals surface area (Å²) in [6, 6.07) is 0. The van der Waals surface area contributed by atoms with Gasteiger partial charge >= 0.3 is 8.56 Å². The molecule has 13 heavy (non-hydrogen) atoms. The van der Waals surface area contributed by atoms with Crippen LogP contribution in [0.2, 0.25) is 0 Å². The van der Waals surface area contributed by atoms with Gasteiger partial charge in [0.15, 0.2) is 0 Å². The molecule has 0 radical (unpaired) electrons. The number of isocyanates is 1. The summed E-state index contributed by atoms with van der Waals surface area (Å²) in [5, 5.41) is 0. The lowest BCUT2D eigenvalue weighted by Gasteiger charge is -2.20. The van der Waals surface area contributed by atoms with Crippen molar-refractivity contribution in [1.29, 1.82) is 0 Å². The molecule has 0 N–H and O–H groups in total. The van der Waals surface area contributed by atoms with Crippen molar-refractivity contribution >= 4 is 26.2 Å². The van der Waals surface area contributed by atoms with Gasteiger partial charge in [0.25, 0.3) is 0 Å². The van der Waals surface area contributed by atoms with Gasteiger partial charge < -0.3 is 8.85 Å². The van der Waals surface area contributed by atoms with Crippen LogP contribution in [0.25, 0.3) is 0 Å².